The minimum Gasteiger partial charge on any atom is -0.236 e. The van der Waals surface area contributed by atoms with Gasteiger partial charge in [0.15, 0.2) is 5.65 Å². The Hall–Kier alpha value is -2.68. The summed E-state index contributed by atoms with van der Waals surface area (Å²) in [4.78, 5) is 4.46. The van der Waals surface area contributed by atoms with Crippen LogP contribution >= 0.6 is 0 Å². The van der Waals surface area contributed by atoms with Gasteiger partial charge >= 0.3 is 0 Å². The summed E-state index contributed by atoms with van der Waals surface area (Å²) in [6.45, 7) is 0. The molecule has 0 unspecified atom stereocenters. The fourth-order valence-electron chi connectivity index (χ4n) is 2.39. The Balaban J connectivity index is 2.13. The second kappa shape index (κ2) is 3.92. The van der Waals surface area contributed by atoms with E-state index < -0.39 is 0 Å². The summed E-state index contributed by atoms with van der Waals surface area (Å²) in [6, 6.07) is 20.3. The molecule has 0 fully saturated rings. The van der Waals surface area contributed by atoms with Gasteiger partial charge in [-0.2, -0.15) is 5.10 Å². The fraction of sp³-hybridized carbons (Fsp3) is 0. The molecule has 2 aromatic carbocycles. The van der Waals surface area contributed by atoms with Crippen molar-refractivity contribution in [1.29, 1.82) is 0 Å². The number of aromatic nitrogens is 3. The van der Waals surface area contributed by atoms with E-state index in [1.54, 1.807) is 0 Å². The summed E-state index contributed by atoms with van der Waals surface area (Å²) in [6.07, 6.45) is 1.84. The minimum absolute atomic E-state index is 0.900. The van der Waals surface area contributed by atoms with E-state index in [-0.39, 0.29) is 0 Å². The summed E-state index contributed by atoms with van der Waals surface area (Å²) in [5.41, 5.74) is 4.07. The van der Waals surface area contributed by atoms with E-state index >= 15 is 0 Å². The third kappa shape index (κ3) is 1.52. The molecular weight excluding hydrogens is 234 g/mol. The average Bonchev–Trinajstić information content (AvgIpc) is 2.87. The van der Waals surface area contributed by atoms with E-state index in [9.17, 15) is 0 Å². The molecule has 0 bridgehead atoms. The van der Waals surface area contributed by atoms with E-state index in [0.717, 1.165) is 27.8 Å². The number of hydrogen-bond donors (Lipinski definition) is 0. The highest BCUT2D eigenvalue weighted by Crippen LogP contribution is 2.23. The molecule has 0 spiro atoms. The summed E-state index contributed by atoms with van der Waals surface area (Å²) < 4.78 is 1.92. The van der Waals surface area contributed by atoms with Crippen LogP contribution in [0.3, 0.4) is 0 Å². The molecule has 0 amide bonds. The lowest BCUT2D eigenvalue weighted by Gasteiger charge is -2.03. The van der Waals surface area contributed by atoms with E-state index in [1.165, 1.54) is 0 Å². The number of nitrogens with zero attached hydrogens (tertiary/aromatic N) is 3. The maximum absolute atomic E-state index is 4.65. The molecule has 3 nitrogen and oxygen atoms in total. The van der Waals surface area contributed by atoms with Gasteiger partial charge in [-0.3, -0.25) is 0 Å². The molecule has 0 saturated carbocycles. The third-order valence-corrected chi connectivity index (χ3v) is 3.28. The Bertz CT molecular complexity index is 863. The van der Waals surface area contributed by atoms with Crippen LogP contribution in [-0.2, 0) is 0 Å². The Morgan fingerprint density at radius 1 is 0.789 bits per heavy atom. The quantitative estimate of drug-likeness (QED) is 0.513. The lowest BCUT2D eigenvalue weighted by molar-refractivity contribution is 0.965. The number of hydrogen-bond acceptors (Lipinski definition) is 2. The smallest absolute Gasteiger partial charge is 0.163 e. The van der Waals surface area contributed by atoms with E-state index in [0.29, 0.717) is 0 Å². The van der Waals surface area contributed by atoms with Gasteiger partial charge in [-0.25, -0.2) is 9.50 Å². The highest BCUT2D eigenvalue weighted by Gasteiger charge is 2.09. The predicted molar refractivity (Wildman–Crippen MR) is 75.9 cm³/mol. The Kier molecular flexibility index (Phi) is 2.12. The van der Waals surface area contributed by atoms with Crippen molar-refractivity contribution in [3.8, 4) is 11.3 Å². The molecule has 0 N–H and O–H groups in total. The summed E-state index contributed by atoms with van der Waals surface area (Å²) >= 11 is 0. The average molecular weight is 245 g/mol. The molecule has 0 aliphatic rings. The first kappa shape index (κ1) is 10.3. The van der Waals surface area contributed by atoms with Crippen molar-refractivity contribution in [3.05, 3.63) is 66.9 Å². The Labute approximate surface area is 110 Å². The molecular formula is C16H11N3. The molecule has 2 aromatic heterocycles. The summed E-state index contributed by atoms with van der Waals surface area (Å²) in [5.74, 6) is 0. The molecule has 0 atom stereocenters. The van der Waals surface area contributed by atoms with Gasteiger partial charge in [-0.05, 0) is 18.2 Å². The molecule has 4 aromatic rings. The van der Waals surface area contributed by atoms with Gasteiger partial charge < -0.3 is 0 Å². The van der Waals surface area contributed by atoms with Crippen molar-refractivity contribution in [2.75, 3.05) is 0 Å². The number of rotatable bonds is 1. The normalized spacial score (nSPS) is 11.2. The minimum atomic E-state index is 0.900. The highest BCUT2D eigenvalue weighted by molar-refractivity contribution is 5.92. The van der Waals surface area contributed by atoms with Crippen LogP contribution in [0.2, 0.25) is 0 Å². The zero-order valence-corrected chi connectivity index (χ0v) is 10.2. The van der Waals surface area contributed by atoms with Gasteiger partial charge in [0.25, 0.3) is 0 Å². The zero-order valence-electron chi connectivity index (χ0n) is 10.2. The van der Waals surface area contributed by atoms with Crippen molar-refractivity contribution >= 4 is 16.6 Å². The third-order valence-electron chi connectivity index (χ3n) is 3.28. The Morgan fingerprint density at radius 3 is 2.47 bits per heavy atom. The van der Waals surface area contributed by atoms with Gasteiger partial charge in [0.2, 0.25) is 0 Å². The number of fused-ring (bicyclic) bond motifs is 3. The van der Waals surface area contributed by atoms with Crippen LogP contribution in [0.1, 0.15) is 0 Å². The summed E-state index contributed by atoms with van der Waals surface area (Å²) in [7, 11) is 0. The van der Waals surface area contributed by atoms with E-state index in [1.807, 2.05) is 53.2 Å². The van der Waals surface area contributed by atoms with Crippen LogP contribution in [-0.4, -0.2) is 14.6 Å². The SMILES string of the molecule is c1ccc(-c2ccnc3c4ccccc4nn23)cc1. The van der Waals surface area contributed by atoms with E-state index in [2.05, 4.69) is 28.3 Å². The van der Waals surface area contributed by atoms with Crippen LogP contribution in [0, 0.1) is 0 Å². The standard InChI is InChI=1S/C16H11N3/c1-2-6-12(7-3-1)15-10-11-17-16-13-8-4-5-9-14(13)18-19(15)16/h1-11H. The van der Waals surface area contributed by atoms with Crippen molar-refractivity contribution in [2.24, 2.45) is 0 Å². The molecule has 4 rings (SSSR count). The Morgan fingerprint density at radius 2 is 1.58 bits per heavy atom. The number of benzene rings is 2. The topological polar surface area (TPSA) is 30.2 Å². The first-order chi connectivity index (χ1) is 9.43. The fourth-order valence-corrected chi connectivity index (χ4v) is 2.39. The van der Waals surface area contributed by atoms with Gasteiger partial charge in [-0.15, -0.1) is 0 Å². The highest BCUT2D eigenvalue weighted by atomic mass is 15.3. The zero-order chi connectivity index (χ0) is 12.7. The van der Waals surface area contributed by atoms with Crippen LogP contribution in [0.25, 0.3) is 27.8 Å². The molecule has 0 saturated heterocycles. The monoisotopic (exact) mass is 245 g/mol. The molecule has 3 heteroatoms. The molecule has 0 aliphatic carbocycles. The molecule has 2 heterocycles. The van der Waals surface area contributed by atoms with Gasteiger partial charge in [0.1, 0.15) is 0 Å². The van der Waals surface area contributed by atoms with Gasteiger partial charge in [-0.1, -0.05) is 42.5 Å². The molecule has 19 heavy (non-hydrogen) atoms. The van der Waals surface area contributed by atoms with Crippen molar-refractivity contribution in [2.45, 2.75) is 0 Å². The van der Waals surface area contributed by atoms with Crippen molar-refractivity contribution < 1.29 is 0 Å². The van der Waals surface area contributed by atoms with Gasteiger partial charge in [0, 0.05) is 17.1 Å². The summed E-state index contributed by atoms with van der Waals surface area (Å²) in [5, 5.41) is 5.73. The van der Waals surface area contributed by atoms with Crippen LogP contribution < -0.4 is 0 Å². The lowest BCUT2D eigenvalue weighted by Crippen LogP contribution is -1.94. The van der Waals surface area contributed by atoms with Crippen molar-refractivity contribution in [1.82, 2.24) is 14.6 Å². The van der Waals surface area contributed by atoms with Crippen LogP contribution in [0.4, 0.5) is 0 Å². The lowest BCUT2D eigenvalue weighted by atomic mass is 10.1. The molecule has 90 valence electrons. The maximum Gasteiger partial charge on any atom is 0.163 e. The van der Waals surface area contributed by atoms with E-state index in [4.69, 9.17) is 0 Å². The predicted octanol–water partition coefficient (Wildman–Crippen LogP) is 3.55. The first-order valence-electron chi connectivity index (χ1n) is 6.21. The van der Waals surface area contributed by atoms with Crippen molar-refractivity contribution in [3.63, 3.8) is 0 Å². The van der Waals surface area contributed by atoms with Gasteiger partial charge in [0.05, 0.1) is 11.2 Å². The largest absolute Gasteiger partial charge is 0.236 e. The van der Waals surface area contributed by atoms with Crippen LogP contribution in [0.5, 0.6) is 0 Å². The first-order valence-corrected chi connectivity index (χ1v) is 6.21. The van der Waals surface area contributed by atoms with Crippen LogP contribution in [0.15, 0.2) is 66.9 Å². The molecule has 0 radical (unpaired) electrons. The second-order valence-corrected chi connectivity index (χ2v) is 4.45. The second-order valence-electron chi connectivity index (χ2n) is 4.45. The maximum atomic E-state index is 4.65. The molecule has 0 aliphatic heterocycles.